The van der Waals surface area contributed by atoms with Gasteiger partial charge in [-0.15, -0.1) is 0 Å². The molecule has 2 fully saturated rings. The lowest BCUT2D eigenvalue weighted by molar-refractivity contribution is 0.0937. The first-order valence-corrected chi connectivity index (χ1v) is 6.09. The Morgan fingerprint density at radius 2 is 2.29 bits per heavy atom. The zero-order valence-electron chi connectivity index (χ0n) is 9.77. The first-order valence-electron chi connectivity index (χ1n) is 6.09. The fourth-order valence-corrected chi connectivity index (χ4v) is 2.10. The van der Waals surface area contributed by atoms with Crippen molar-refractivity contribution in [2.45, 2.75) is 31.7 Å². The molecule has 1 aromatic heterocycles. The number of carbonyl (C=O) groups is 1. The highest BCUT2D eigenvalue weighted by Gasteiger charge is 2.31. The molecular weight excluding hydrogens is 220 g/mol. The zero-order chi connectivity index (χ0) is 11.8. The standard InChI is InChI=1S/C11H16N4O2/c1-6-4-12-5-8(6)11-14-9(15-17-11)10(16)13-7-2-3-7/h6-8,12H,2-5H2,1H3,(H,13,16)/t6-,8-/m1/s1. The molecule has 1 amide bonds. The number of hydrogen-bond donors (Lipinski definition) is 2. The Balaban J connectivity index is 1.70. The minimum Gasteiger partial charge on any atom is -0.346 e. The highest BCUT2D eigenvalue weighted by molar-refractivity contribution is 5.90. The van der Waals surface area contributed by atoms with Gasteiger partial charge in [-0.25, -0.2) is 0 Å². The van der Waals surface area contributed by atoms with Crippen molar-refractivity contribution in [2.24, 2.45) is 5.92 Å². The SMILES string of the molecule is C[C@@H]1CNC[C@H]1c1nc(C(=O)NC2CC2)no1. The zero-order valence-corrected chi connectivity index (χ0v) is 9.77. The third kappa shape index (κ3) is 2.17. The van der Waals surface area contributed by atoms with E-state index in [0.717, 1.165) is 25.9 Å². The van der Waals surface area contributed by atoms with Crippen LogP contribution in [0.15, 0.2) is 4.52 Å². The summed E-state index contributed by atoms with van der Waals surface area (Å²) >= 11 is 0. The number of amides is 1. The van der Waals surface area contributed by atoms with E-state index in [4.69, 9.17) is 4.52 Å². The Morgan fingerprint density at radius 3 is 2.94 bits per heavy atom. The van der Waals surface area contributed by atoms with Crippen LogP contribution < -0.4 is 10.6 Å². The van der Waals surface area contributed by atoms with Crippen LogP contribution in [0.3, 0.4) is 0 Å². The van der Waals surface area contributed by atoms with Crippen molar-refractivity contribution in [2.75, 3.05) is 13.1 Å². The van der Waals surface area contributed by atoms with E-state index >= 15 is 0 Å². The lowest BCUT2D eigenvalue weighted by Crippen LogP contribution is -2.26. The fourth-order valence-electron chi connectivity index (χ4n) is 2.10. The molecule has 0 spiro atoms. The molecule has 6 nitrogen and oxygen atoms in total. The first-order chi connectivity index (χ1) is 8.24. The summed E-state index contributed by atoms with van der Waals surface area (Å²) in [4.78, 5) is 15.9. The van der Waals surface area contributed by atoms with Crippen molar-refractivity contribution in [3.05, 3.63) is 11.7 Å². The largest absolute Gasteiger partial charge is 0.346 e. The summed E-state index contributed by atoms with van der Waals surface area (Å²) in [5.41, 5.74) is 0. The maximum atomic E-state index is 11.7. The molecular formula is C11H16N4O2. The van der Waals surface area contributed by atoms with Gasteiger partial charge in [0.25, 0.3) is 11.7 Å². The van der Waals surface area contributed by atoms with Gasteiger partial charge in [-0.3, -0.25) is 4.79 Å². The van der Waals surface area contributed by atoms with Gasteiger partial charge < -0.3 is 15.2 Å². The van der Waals surface area contributed by atoms with Gasteiger partial charge in [-0.05, 0) is 25.3 Å². The summed E-state index contributed by atoms with van der Waals surface area (Å²) in [6.07, 6.45) is 2.11. The maximum Gasteiger partial charge on any atom is 0.292 e. The smallest absolute Gasteiger partial charge is 0.292 e. The lowest BCUT2D eigenvalue weighted by Gasteiger charge is -2.07. The highest BCUT2D eigenvalue weighted by atomic mass is 16.5. The van der Waals surface area contributed by atoms with Gasteiger partial charge >= 0.3 is 0 Å². The molecule has 1 aliphatic carbocycles. The molecule has 2 heterocycles. The number of carbonyl (C=O) groups excluding carboxylic acids is 1. The molecule has 1 saturated heterocycles. The minimum atomic E-state index is -0.221. The van der Waals surface area contributed by atoms with E-state index in [-0.39, 0.29) is 17.6 Å². The van der Waals surface area contributed by atoms with Crippen molar-refractivity contribution in [3.8, 4) is 0 Å². The molecule has 0 aromatic carbocycles. The second-order valence-corrected chi connectivity index (χ2v) is 4.95. The van der Waals surface area contributed by atoms with E-state index in [0.29, 0.717) is 17.9 Å². The topological polar surface area (TPSA) is 80.0 Å². The molecule has 2 atom stereocenters. The lowest BCUT2D eigenvalue weighted by atomic mass is 9.98. The van der Waals surface area contributed by atoms with Gasteiger partial charge in [0.2, 0.25) is 5.89 Å². The molecule has 1 saturated carbocycles. The van der Waals surface area contributed by atoms with Crippen molar-refractivity contribution >= 4 is 5.91 Å². The molecule has 0 radical (unpaired) electrons. The molecule has 92 valence electrons. The third-order valence-corrected chi connectivity index (χ3v) is 3.39. The van der Waals surface area contributed by atoms with Gasteiger partial charge in [0.1, 0.15) is 0 Å². The molecule has 17 heavy (non-hydrogen) atoms. The van der Waals surface area contributed by atoms with Crippen LogP contribution in [0.25, 0.3) is 0 Å². The summed E-state index contributed by atoms with van der Waals surface area (Å²) in [5, 5.41) is 9.87. The molecule has 6 heteroatoms. The quantitative estimate of drug-likeness (QED) is 0.788. The summed E-state index contributed by atoms with van der Waals surface area (Å²) < 4.78 is 5.18. The van der Waals surface area contributed by atoms with Crippen molar-refractivity contribution in [1.29, 1.82) is 0 Å². The second kappa shape index (κ2) is 4.10. The van der Waals surface area contributed by atoms with Crippen molar-refractivity contribution in [1.82, 2.24) is 20.8 Å². The molecule has 2 N–H and O–H groups in total. The van der Waals surface area contributed by atoms with Gasteiger partial charge in [-0.2, -0.15) is 4.98 Å². The molecule has 0 unspecified atom stereocenters. The van der Waals surface area contributed by atoms with Crippen LogP contribution in [0.5, 0.6) is 0 Å². The molecule has 3 rings (SSSR count). The van der Waals surface area contributed by atoms with Crippen LogP contribution in [0.2, 0.25) is 0 Å². The molecule has 1 aliphatic heterocycles. The monoisotopic (exact) mass is 236 g/mol. The average Bonchev–Trinajstić information content (AvgIpc) is 2.82. The van der Waals surface area contributed by atoms with Crippen LogP contribution in [0.1, 0.15) is 42.2 Å². The average molecular weight is 236 g/mol. The van der Waals surface area contributed by atoms with Gasteiger partial charge in [0.05, 0.1) is 5.92 Å². The Morgan fingerprint density at radius 1 is 1.47 bits per heavy atom. The predicted octanol–water partition coefficient (Wildman–Crippen LogP) is 0.285. The molecule has 2 aliphatic rings. The molecule has 0 bridgehead atoms. The van der Waals surface area contributed by atoms with E-state index in [1.165, 1.54) is 0 Å². The minimum absolute atomic E-state index is 0.158. The Bertz CT molecular complexity index is 427. The number of nitrogens with zero attached hydrogens (tertiary/aromatic N) is 2. The fraction of sp³-hybridized carbons (Fsp3) is 0.727. The summed E-state index contributed by atoms with van der Waals surface area (Å²) in [7, 11) is 0. The van der Waals surface area contributed by atoms with Crippen LogP contribution in [-0.4, -0.2) is 35.2 Å². The van der Waals surface area contributed by atoms with Crippen molar-refractivity contribution < 1.29 is 9.32 Å². The Hall–Kier alpha value is -1.43. The number of hydrogen-bond acceptors (Lipinski definition) is 5. The summed E-state index contributed by atoms with van der Waals surface area (Å²) in [5.74, 6) is 1.20. The van der Waals surface area contributed by atoms with Gasteiger partial charge in [-0.1, -0.05) is 12.1 Å². The van der Waals surface area contributed by atoms with Crippen molar-refractivity contribution in [3.63, 3.8) is 0 Å². The van der Waals surface area contributed by atoms with E-state index in [2.05, 4.69) is 27.7 Å². The summed E-state index contributed by atoms with van der Waals surface area (Å²) in [6.45, 7) is 3.93. The van der Waals surface area contributed by atoms with Crippen LogP contribution in [0.4, 0.5) is 0 Å². The van der Waals surface area contributed by atoms with E-state index in [1.54, 1.807) is 0 Å². The molecule has 1 aromatic rings. The van der Waals surface area contributed by atoms with Gasteiger partial charge in [0.15, 0.2) is 0 Å². The number of nitrogens with one attached hydrogen (secondary N) is 2. The van der Waals surface area contributed by atoms with Crippen LogP contribution in [0, 0.1) is 5.92 Å². The Kier molecular flexibility index (Phi) is 2.58. The highest BCUT2D eigenvalue weighted by Crippen LogP contribution is 2.26. The third-order valence-electron chi connectivity index (χ3n) is 3.39. The van der Waals surface area contributed by atoms with Crippen LogP contribution >= 0.6 is 0 Å². The normalized spacial score (nSPS) is 28.3. The van der Waals surface area contributed by atoms with Crippen LogP contribution in [-0.2, 0) is 0 Å². The summed E-state index contributed by atoms with van der Waals surface area (Å²) in [6, 6.07) is 0.316. The predicted molar refractivity (Wildman–Crippen MR) is 59.6 cm³/mol. The van der Waals surface area contributed by atoms with Gasteiger partial charge in [0, 0.05) is 12.6 Å². The maximum absolute atomic E-state index is 11.7. The van der Waals surface area contributed by atoms with E-state index < -0.39 is 0 Å². The number of rotatable bonds is 3. The number of aromatic nitrogens is 2. The second-order valence-electron chi connectivity index (χ2n) is 4.95. The first kappa shape index (κ1) is 10.7. The van der Waals surface area contributed by atoms with E-state index in [9.17, 15) is 4.79 Å². The Labute approximate surface area is 99.2 Å². The van der Waals surface area contributed by atoms with E-state index in [1.807, 2.05) is 0 Å².